The molecule has 0 aromatic carbocycles. The van der Waals surface area contributed by atoms with Gasteiger partial charge in [0.2, 0.25) is 0 Å². The Bertz CT molecular complexity index is 105. The molecule has 0 saturated carbocycles. The fourth-order valence-corrected chi connectivity index (χ4v) is 0.321. The van der Waals surface area contributed by atoms with Gasteiger partial charge in [0.05, 0.1) is 0 Å². The van der Waals surface area contributed by atoms with E-state index in [0.29, 0.717) is 5.70 Å². The van der Waals surface area contributed by atoms with Crippen molar-refractivity contribution in [3.63, 3.8) is 0 Å². The third-order valence-corrected chi connectivity index (χ3v) is 0.431. The molecule has 50 valence electrons. The number of carbonyl (C=O) groups excluding carboxylic acids is 1. The van der Waals surface area contributed by atoms with Crippen molar-refractivity contribution in [3.05, 3.63) is 11.8 Å². The molecule has 0 saturated heterocycles. The quantitative estimate of drug-likeness (QED) is 0.444. The largest absolute Gasteiger partial charge is 0.402 e. The molecule has 0 spiro atoms. The van der Waals surface area contributed by atoms with Gasteiger partial charge >= 0.3 is 0 Å². The molecule has 0 aromatic heterocycles. The molecule has 0 rings (SSSR count). The summed E-state index contributed by atoms with van der Waals surface area (Å²) < 4.78 is 0. The molecule has 0 radical (unpaired) electrons. The van der Waals surface area contributed by atoms with Gasteiger partial charge in [0.15, 0.2) is 5.78 Å². The molecule has 0 aliphatic carbocycles. The Kier molecular flexibility index (Phi) is 6.46. The number of rotatable bonds is 1. The van der Waals surface area contributed by atoms with Crippen LogP contribution in [0, 0.1) is 0 Å². The molecule has 0 amide bonds. The van der Waals surface area contributed by atoms with Gasteiger partial charge in [-0.25, -0.2) is 0 Å². The summed E-state index contributed by atoms with van der Waals surface area (Å²) in [6, 6.07) is 0. The molecule has 0 atom stereocenters. The first-order chi connectivity index (χ1) is 3.13. The van der Waals surface area contributed by atoms with E-state index in [1.807, 2.05) is 0 Å². The Balaban J connectivity index is 0. The average molecular weight is 158 g/mol. The molecule has 2 N–H and O–H groups in total. The molecule has 2 nitrogen and oxygen atoms in total. The monoisotopic (exact) mass is 157 g/mol. The first-order valence-corrected chi connectivity index (χ1v) is 2.07. The third-order valence-electron chi connectivity index (χ3n) is 0.431. The van der Waals surface area contributed by atoms with Crippen molar-refractivity contribution >= 4 is 5.78 Å². The Morgan fingerprint density at radius 1 is 1.50 bits per heavy atom. The van der Waals surface area contributed by atoms with Crippen LogP contribution in [0.3, 0.4) is 0 Å². The predicted octanol–water partition coefficient (Wildman–Crippen LogP) is 0.435. The molecule has 0 aliphatic heterocycles. The van der Waals surface area contributed by atoms with Crippen LogP contribution in [0.25, 0.3) is 0 Å². The van der Waals surface area contributed by atoms with E-state index in [0.717, 1.165) is 0 Å². The van der Waals surface area contributed by atoms with Crippen LogP contribution < -0.4 is 5.73 Å². The summed E-state index contributed by atoms with van der Waals surface area (Å²) in [5, 5.41) is 0. The van der Waals surface area contributed by atoms with E-state index in [2.05, 4.69) is 0 Å². The van der Waals surface area contributed by atoms with Crippen molar-refractivity contribution in [1.29, 1.82) is 0 Å². The first-order valence-electron chi connectivity index (χ1n) is 2.07. The number of hydrogen-bond donors (Lipinski definition) is 1. The van der Waals surface area contributed by atoms with Crippen LogP contribution in [-0.4, -0.2) is 5.78 Å². The van der Waals surface area contributed by atoms with Gasteiger partial charge in [0, 0.05) is 22.2 Å². The van der Waals surface area contributed by atoms with Crippen molar-refractivity contribution < 1.29 is 21.3 Å². The van der Waals surface area contributed by atoms with Crippen LogP contribution in [-0.2, 0) is 21.3 Å². The number of allylic oxidation sites excluding steroid dienone is 2. The third kappa shape index (κ3) is 9.20. The minimum atomic E-state index is 0. The van der Waals surface area contributed by atoms with E-state index < -0.39 is 0 Å². The van der Waals surface area contributed by atoms with E-state index in [-0.39, 0.29) is 22.3 Å². The van der Waals surface area contributed by atoms with Gasteiger partial charge in [-0.05, 0) is 19.9 Å². The molecule has 0 aliphatic rings. The van der Waals surface area contributed by atoms with Crippen molar-refractivity contribution in [1.82, 2.24) is 0 Å². The summed E-state index contributed by atoms with van der Waals surface area (Å²) in [6.45, 7) is 3.15. The minimum absolute atomic E-state index is 0. The standard InChI is InChI=1S/C5H9NO.Ni/c1-4(6)3-5(2)7;/h3H,6H2,1-2H3;. The molecule has 8 heavy (non-hydrogen) atoms. The molecule has 0 fully saturated rings. The number of carbonyl (C=O) groups is 1. The maximum Gasteiger partial charge on any atom is 0.154 e. The van der Waals surface area contributed by atoms with Crippen molar-refractivity contribution in [3.8, 4) is 0 Å². The molecule has 0 unspecified atom stereocenters. The van der Waals surface area contributed by atoms with E-state index in [1.165, 1.54) is 13.0 Å². The molecule has 0 bridgehead atoms. The maximum absolute atomic E-state index is 10.1. The Hall–Kier alpha value is -0.296. The number of hydrogen-bond acceptors (Lipinski definition) is 2. The summed E-state index contributed by atoms with van der Waals surface area (Å²) >= 11 is 0. The van der Waals surface area contributed by atoms with E-state index in [1.54, 1.807) is 6.92 Å². The minimum Gasteiger partial charge on any atom is -0.402 e. The zero-order valence-corrected chi connectivity index (χ0v) is 5.87. The van der Waals surface area contributed by atoms with E-state index in [9.17, 15) is 4.79 Å². The summed E-state index contributed by atoms with van der Waals surface area (Å²) in [7, 11) is 0. The second-order valence-electron chi connectivity index (χ2n) is 1.50. The summed E-state index contributed by atoms with van der Waals surface area (Å²) in [5.74, 6) is 0.000000000000000444. The summed E-state index contributed by atoms with van der Waals surface area (Å²) in [5.41, 5.74) is 5.70. The van der Waals surface area contributed by atoms with Crippen LogP contribution >= 0.6 is 0 Å². The molecule has 3 heteroatoms. The summed E-state index contributed by atoms with van der Waals surface area (Å²) in [4.78, 5) is 10.1. The fraction of sp³-hybridized carbons (Fsp3) is 0.400. The molecule has 0 aromatic rings. The second-order valence-corrected chi connectivity index (χ2v) is 1.50. The number of nitrogens with two attached hydrogens (primary N) is 1. The van der Waals surface area contributed by atoms with Gasteiger partial charge in [0.1, 0.15) is 0 Å². The van der Waals surface area contributed by atoms with Crippen molar-refractivity contribution in [2.45, 2.75) is 13.8 Å². The zero-order valence-electron chi connectivity index (χ0n) is 4.88. The summed E-state index contributed by atoms with van der Waals surface area (Å²) in [6.07, 6.45) is 1.39. The van der Waals surface area contributed by atoms with Gasteiger partial charge in [-0.3, -0.25) is 4.79 Å². The van der Waals surface area contributed by atoms with E-state index in [4.69, 9.17) is 5.73 Å². The van der Waals surface area contributed by atoms with Gasteiger partial charge < -0.3 is 5.73 Å². The SMILES string of the molecule is CC(=O)C=C(C)N.[Ni]. The van der Waals surface area contributed by atoms with E-state index >= 15 is 0 Å². The topological polar surface area (TPSA) is 43.1 Å². The van der Waals surface area contributed by atoms with Crippen LogP contribution in [0.15, 0.2) is 11.8 Å². The van der Waals surface area contributed by atoms with Crippen molar-refractivity contribution in [2.75, 3.05) is 0 Å². The van der Waals surface area contributed by atoms with Gasteiger partial charge in [0.25, 0.3) is 0 Å². The van der Waals surface area contributed by atoms with Crippen LogP contribution in [0.2, 0.25) is 0 Å². The van der Waals surface area contributed by atoms with Crippen LogP contribution in [0.5, 0.6) is 0 Å². The maximum atomic E-state index is 10.1. The smallest absolute Gasteiger partial charge is 0.154 e. The average Bonchev–Trinajstić information content (AvgIpc) is 1.27. The molecular weight excluding hydrogens is 149 g/mol. The predicted molar refractivity (Wildman–Crippen MR) is 28.6 cm³/mol. The Labute approximate surface area is 59.1 Å². The zero-order chi connectivity index (χ0) is 5.86. The van der Waals surface area contributed by atoms with Gasteiger partial charge in [-0.15, -0.1) is 0 Å². The molecular formula is C5H9NNiO. The molecule has 0 heterocycles. The van der Waals surface area contributed by atoms with Crippen LogP contribution in [0.1, 0.15) is 13.8 Å². The van der Waals surface area contributed by atoms with Gasteiger partial charge in [-0.2, -0.15) is 0 Å². The van der Waals surface area contributed by atoms with Crippen LogP contribution in [0.4, 0.5) is 0 Å². The number of ketones is 1. The Morgan fingerprint density at radius 3 is 1.88 bits per heavy atom. The fourth-order valence-electron chi connectivity index (χ4n) is 0.321. The normalized spacial score (nSPS) is 10.0. The first kappa shape index (κ1) is 10.6. The van der Waals surface area contributed by atoms with Crippen molar-refractivity contribution in [2.24, 2.45) is 5.73 Å². The second kappa shape index (κ2) is 4.85. The Morgan fingerprint density at radius 2 is 1.88 bits per heavy atom. The van der Waals surface area contributed by atoms with Gasteiger partial charge in [-0.1, -0.05) is 0 Å².